The summed E-state index contributed by atoms with van der Waals surface area (Å²) >= 11 is 0. The lowest BCUT2D eigenvalue weighted by molar-refractivity contribution is -0.265. The maximum absolute atomic E-state index is 14.9. The van der Waals surface area contributed by atoms with Gasteiger partial charge in [0.2, 0.25) is 23.6 Å². The fourth-order valence-corrected chi connectivity index (χ4v) is 19.5. The first kappa shape index (κ1) is 109. The lowest BCUT2D eigenvalue weighted by Crippen LogP contribution is -2.61. The number of aliphatic hydroxyl groups is 2. The summed E-state index contributed by atoms with van der Waals surface area (Å²) < 4.78 is 72.0. The van der Waals surface area contributed by atoms with E-state index in [9.17, 15) is 43.8 Å². The first-order valence-corrected chi connectivity index (χ1v) is 49.5. The van der Waals surface area contributed by atoms with Crippen molar-refractivity contribution in [2.75, 3.05) is 161 Å². The average Bonchev–Trinajstić information content (AvgIpc) is 1.65. The van der Waals surface area contributed by atoms with E-state index in [0.29, 0.717) is 232 Å². The van der Waals surface area contributed by atoms with Crippen molar-refractivity contribution in [2.45, 2.75) is 232 Å². The number of methoxy groups -OCH3 is 4. The van der Waals surface area contributed by atoms with Crippen molar-refractivity contribution in [3.05, 3.63) is 137 Å². The Morgan fingerprint density at radius 3 is 2.09 bits per heavy atom. The van der Waals surface area contributed by atoms with Gasteiger partial charge in [-0.2, -0.15) is 15.1 Å². The number of allylic oxidation sites excluding steroid dienone is 5. The number of nitrogens with zero attached hydrogens (tertiary/aromatic N) is 13. The normalized spacial score (nSPS) is 26.5. The molecule has 7 aromatic rings. The molecule has 5 aliphatic heterocycles. The highest BCUT2D eigenvalue weighted by molar-refractivity contribution is 6.39. The standard InChI is InChI=1S/C69H102N8O15.C34H43N9O6/c1-41-18-14-13-15-19-42(2)55(86-9)36-51-24-21-47(7)69(85,92-51)63(82)65(83)77-27-17-16-20-53(77)66(84)91-57(37-56(87-10)43(3)33-46(6)61(81)62(89-12)60(80)45(5)32-41)44(4)34-49-22-25-54(58(35-49)88-11)90-59(79)26-23-50-38-71-67(72-39-50)75-28-30-76(31-29-75)68-73-40-52(48(8)78)64(70)74-68;1-37-8-11-46-13-15-48-17-16-47-14-12-45-10-7-29(44)42-9-6-24-18-23(2-3-26(24)21-42)20-43-33-30(32(35)38-22-39-33)31(41-43)25-4-5-28-27(19-25)40-34(36)49-28/h13-15,18-19,33,38-41,43-45,47,49,51,53-58,61-62,81,85H,16-17,20-32,34-37H2,1-12H3,(H2,70,73,74);2-5,18-19,22,37H,6-17,20-21H2,1H3,(H2,36,40)(H2,35,38,39)/b15-13+,18-14+,42-19+,46-33+;/t41-,43-,44-,45-,47-,49+,51+,53+,54-,55+,56-,57+,58-,61-,62+,69-;/m1./s1. The van der Waals surface area contributed by atoms with E-state index >= 15 is 0 Å². The van der Waals surface area contributed by atoms with Crippen LogP contribution >= 0.6 is 0 Å². The van der Waals surface area contributed by atoms with Gasteiger partial charge in [0.25, 0.3) is 17.7 Å². The van der Waals surface area contributed by atoms with Gasteiger partial charge >= 0.3 is 11.9 Å². The Morgan fingerprint density at radius 2 is 1.39 bits per heavy atom. The monoisotopic (exact) mass is 1960 g/mol. The highest BCUT2D eigenvalue weighted by Gasteiger charge is 2.54. The first-order valence-electron chi connectivity index (χ1n) is 49.5. The van der Waals surface area contributed by atoms with Crippen LogP contribution in [-0.4, -0.2) is 301 Å². The van der Waals surface area contributed by atoms with Gasteiger partial charge in [-0.05, 0) is 174 Å². The van der Waals surface area contributed by atoms with Crippen LogP contribution in [0.1, 0.15) is 178 Å². The smallest absolute Gasteiger partial charge is 0.329 e. The molecular weight excluding hydrogens is 1810 g/mol. The van der Waals surface area contributed by atoms with E-state index in [0.717, 1.165) is 40.8 Å². The molecule has 10 heterocycles. The molecule has 2 amide bonds. The van der Waals surface area contributed by atoms with Gasteiger partial charge in [0.15, 0.2) is 22.8 Å². The van der Waals surface area contributed by atoms with Gasteiger partial charge in [-0.15, -0.1) is 0 Å². The number of Topliss-reactive ketones (excluding diaryl/α,β-unsaturated/α-hetero) is 3. The third-order valence-corrected chi connectivity index (χ3v) is 27.8. The van der Waals surface area contributed by atoms with Crippen molar-refractivity contribution in [3.8, 4) is 11.3 Å². The number of anilines is 5. The average molecular weight is 1960 g/mol. The van der Waals surface area contributed by atoms with Crippen molar-refractivity contribution in [3.63, 3.8) is 0 Å². The first-order chi connectivity index (χ1) is 67.9. The van der Waals surface area contributed by atoms with E-state index in [4.69, 9.17) is 78.8 Å². The maximum Gasteiger partial charge on any atom is 0.329 e. The minimum Gasteiger partial charge on any atom is -0.460 e. The zero-order valence-electron chi connectivity index (χ0n) is 83.9. The zero-order valence-corrected chi connectivity index (χ0v) is 83.9. The van der Waals surface area contributed by atoms with Crippen LogP contribution in [0.2, 0.25) is 0 Å². The lowest BCUT2D eigenvalue weighted by Gasteiger charge is -2.43. The van der Waals surface area contributed by atoms with Crippen LogP contribution in [0.15, 0.2) is 113 Å². The minimum atomic E-state index is -2.45. The summed E-state index contributed by atoms with van der Waals surface area (Å²) in [6.45, 7) is 23.7. The Hall–Kier alpha value is -11.0. The predicted molar refractivity (Wildman–Crippen MR) is 530 cm³/mol. The topological polar surface area (TPSA) is 486 Å². The fourth-order valence-electron chi connectivity index (χ4n) is 19.5. The van der Waals surface area contributed by atoms with Gasteiger partial charge in [0, 0.05) is 142 Å². The molecule has 0 unspecified atom stereocenters. The summed E-state index contributed by atoms with van der Waals surface area (Å²) in [6.07, 6.45) is 19.4. The molecule has 38 nitrogen and oxygen atoms in total. The molecular formula is C103H145N17O21. The fraction of sp³-hybridized carbons (Fsp3) is 0.602. The molecule has 5 aromatic heterocycles. The third kappa shape index (κ3) is 29.4. The number of piperazine rings is 1. The molecule has 2 aromatic carbocycles. The zero-order chi connectivity index (χ0) is 101. The lowest BCUT2D eigenvalue weighted by atomic mass is 9.78. The van der Waals surface area contributed by atoms with Crippen LogP contribution in [0, 0.1) is 35.5 Å². The number of nitrogens with one attached hydrogen (secondary N) is 1. The van der Waals surface area contributed by atoms with E-state index in [1.165, 1.54) is 37.0 Å². The van der Waals surface area contributed by atoms with Gasteiger partial charge in [-0.3, -0.25) is 28.8 Å². The van der Waals surface area contributed by atoms with Gasteiger partial charge in [-0.1, -0.05) is 89.3 Å². The number of oxazole rings is 1. The highest BCUT2D eigenvalue weighted by atomic mass is 16.6. The molecule has 9 N–H and O–H groups in total. The van der Waals surface area contributed by atoms with E-state index in [1.807, 2.05) is 111 Å². The molecule has 1 saturated carbocycles. The number of esters is 2. The molecule has 16 atom stereocenters. The number of cyclic esters (lactones) is 1. The van der Waals surface area contributed by atoms with Crippen molar-refractivity contribution in [1.29, 1.82) is 0 Å². The number of nitrogen functional groups attached to an aromatic ring is 3. The Bertz CT molecular complexity index is 5450. The van der Waals surface area contributed by atoms with E-state index < -0.39 is 90.2 Å². The van der Waals surface area contributed by atoms with Crippen LogP contribution in [0.25, 0.3) is 33.4 Å². The second-order valence-corrected chi connectivity index (χ2v) is 38.0. The summed E-state index contributed by atoms with van der Waals surface area (Å²) in [5.74, 6) is -6.20. The van der Waals surface area contributed by atoms with Crippen LogP contribution in [-0.2, 0) is 107 Å². The van der Waals surface area contributed by atoms with Crippen molar-refractivity contribution >= 4 is 92.8 Å². The number of aliphatic hydroxyl groups excluding tert-OH is 1. The maximum atomic E-state index is 14.9. The summed E-state index contributed by atoms with van der Waals surface area (Å²) in [6, 6.07) is 10.9. The molecule has 13 rings (SSSR count). The highest BCUT2D eigenvalue weighted by Crippen LogP contribution is 2.41. The Kier molecular flexibility index (Phi) is 40.8. The van der Waals surface area contributed by atoms with Crippen LogP contribution in [0.3, 0.4) is 0 Å². The predicted octanol–water partition coefficient (Wildman–Crippen LogP) is 9.91. The van der Waals surface area contributed by atoms with E-state index in [1.54, 1.807) is 47.6 Å². The molecule has 3 saturated heterocycles. The number of amides is 2. The molecule has 1 aliphatic carbocycles. The number of piperidine rings is 1. The Labute approximate surface area is 825 Å². The van der Waals surface area contributed by atoms with Crippen molar-refractivity contribution < 1.29 is 100 Å². The molecule has 2 bridgehead atoms. The van der Waals surface area contributed by atoms with E-state index in [2.05, 4.69) is 63.3 Å². The van der Waals surface area contributed by atoms with Gasteiger partial charge in [0.05, 0.1) is 101 Å². The summed E-state index contributed by atoms with van der Waals surface area (Å²) in [7, 11) is 8.07. The number of carbonyl (C=O) groups excluding carboxylic acids is 7. The van der Waals surface area contributed by atoms with Gasteiger partial charge in [-0.25, -0.2) is 34.4 Å². The number of aromatic nitrogens is 9. The number of hydrogen-bond donors (Lipinski definition) is 6. The minimum absolute atomic E-state index is 0.0159. The number of benzene rings is 2. The summed E-state index contributed by atoms with van der Waals surface area (Å²) in [5.41, 5.74) is 27.3. The number of hydrogen-bond acceptors (Lipinski definition) is 35. The quantitative estimate of drug-likeness (QED) is 0.00750. The van der Waals surface area contributed by atoms with Crippen molar-refractivity contribution in [2.24, 2.45) is 35.5 Å². The summed E-state index contributed by atoms with van der Waals surface area (Å²) in [5, 5.41) is 32.5. The third-order valence-electron chi connectivity index (χ3n) is 27.8. The second-order valence-electron chi connectivity index (χ2n) is 38.0. The Balaban J connectivity index is 0.000000302. The van der Waals surface area contributed by atoms with Crippen molar-refractivity contribution in [1.82, 2.24) is 59.8 Å². The molecule has 4 fully saturated rings. The summed E-state index contributed by atoms with van der Waals surface area (Å²) in [4.78, 5) is 134. The molecule has 6 aliphatic rings. The molecule has 141 heavy (non-hydrogen) atoms. The number of rotatable bonds is 32. The number of nitrogens with two attached hydrogens (primary N) is 3. The van der Waals surface area contributed by atoms with Crippen LogP contribution in [0.5, 0.6) is 0 Å². The molecule has 0 radical (unpaired) electrons. The van der Waals surface area contributed by atoms with Gasteiger partial charge < -0.3 is 109 Å². The van der Waals surface area contributed by atoms with E-state index in [-0.39, 0.29) is 84.8 Å². The molecule has 768 valence electrons. The van der Waals surface area contributed by atoms with Gasteiger partial charge in [0.1, 0.15) is 59.6 Å². The number of ether oxygens (including phenoxy) is 11. The second kappa shape index (κ2) is 52.8. The van der Waals surface area contributed by atoms with Crippen LogP contribution < -0.4 is 32.3 Å². The van der Waals surface area contributed by atoms with Crippen LogP contribution in [0.4, 0.5) is 29.5 Å². The largest absolute Gasteiger partial charge is 0.460 e. The number of aryl methyl sites for hydroxylation is 1. The number of fused-ring (bicyclic) bond motifs is 6. The molecule has 0 spiro atoms. The number of likely N-dealkylation sites (N-methyl/N-ethyl adjacent to an activating group) is 1. The number of carbonyl (C=O) groups is 7. The SMILES string of the molecule is CNCCOCCOCCOCCOCCC(=O)N1CCc2cc(Cn3nc(-c4ccc5oc(N)nc5c4)c4c(N)ncnc43)ccc2C1.CO[C@H]1C[C@@H]2CC[C@@H](C)[C@@](O)(O2)C(=O)C(=O)N2CCCC[C@H]2C(=O)O[C@H]([C@H](C)C[C@@H]2CC[C@@H](OC(=O)CCc3cnc(N4CCN(c5ncc(C(C)=O)c(N)n5)CC4)nc3)[C@H](OC)C2)C[C@@H](OC)[C@H](C)/C=C(\C)[C@@H](O)[C@@H](OC)C(=O)[C@H](C)C[C@H](C)/C=C/C=C/C=C/1C. The molecule has 38 heteroatoms. The Morgan fingerprint density at radius 1 is 0.681 bits per heavy atom. The number of ketones is 3.